The van der Waals surface area contributed by atoms with Crippen molar-refractivity contribution in [2.75, 3.05) is 25.0 Å². The van der Waals surface area contributed by atoms with Gasteiger partial charge in [0.15, 0.2) is 0 Å². The molecule has 1 fully saturated rings. The lowest BCUT2D eigenvalue weighted by atomic mass is 9.97. The number of anilines is 1. The van der Waals surface area contributed by atoms with E-state index in [-0.39, 0.29) is 48.7 Å². The number of aromatic nitrogens is 1. The SMILES string of the molecule is O=C(CCNC(=O)C1CCN(S(=O)(=O)c2ccc(Cl)cc2)CC1)Nc1cccnc1. The number of halogens is 1. The van der Waals surface area contributed by atoms with Crippen LogP contribution in [0.4, 0.5) is 5.69 Å². The molecule has 0 radical (unpaired) electrons. The Balaban J connectivity index is 1.42. The second-order valence-electron chi connectivity index (χ2n) is 6.96. The molecule has 0 spiro atoms. The summed E-state index contributed by atoms with van der Waals surface area (Å²) in [6, 6.07) is 9.49. The van der Waals surface area contributed by atoms with Crippen molar-refractivity contribution in [2.24, 2.45) is 5.92 Å². The van der Waals surface area contributed by atoms with Gasteiger partial charge in [0.2, 0.25) is 21.8 Å². The fraction of sp³-hybridized carbons (Fsp3) is 0.350. The van der Waals surface area contributed by atoms with E-state index in [4.69, 9.17) is 11.6 Å². The van der Waals surface area contributed by atoms with Gasteiger partial charge in [-0.3, -0.25) is 14.6 Å². The first-order valence-corrected chi connectivity index (χ1v) is 11.4. The van der Waals surface area contributed by atoms with Gasteiger partial charge in [0, 0.05) is 43.2 Å². The molecule has 2 heterocycles. The van der Waals surface area contributed by atoms with Crippen LogP contribution in [-0.4, -0.2) is 49.2 Å². The van der Waals surface area contributed by atoms with E-state index in [0.717, 1.165) is 0 Å². The monoisotopic (exact) mass is 450 g/mol. The average molecular weight is 451 g/mol. The molecule has 30 heavy (non-hydrogen) atoms. The number of carbonyl (C=O) groups excluding carboxylic acids is 2. The Morgan fingerprint density at radius 1 is 1.13 bits per heavy atom. The van der Waals surface area contributed by atoms with Crippen LogP contribution in [0.1, 0.15) is 19.3 Å². The van der Waals surface area contributed by atoms with Crippen LogP contribution in [-0.2, 0) is 19.6 Å². The summed E-state index contributed by atoms with van der Waals surface area (Å²) in [6.07, 6.45) is 4.16. The molecule has 0 atom stereocenters. The number of hydrogen-bond acceptors (Lipinski definition) is 5. The van der Waals surface area contributed by atoms with E-state index in [2.05, 4.69) is 15.6 Å². The quantitative estimate of drug-likeness (QED) is 0.672. The van der Waals surface area contributed by atoms with E-state index < -0.39 is 10.0 Å². The van der Waals surface area contributed by atoms with Crippen LogP contribution < -0.4 is 10.6 Å². The maximum absolute atomic E-state index is 12.7. The molecular weight excluding hydrogens is 428 g/mol. The van der Waals surface area contributed by atoms with Crippen LogP contribution >= 0.6 is 11.6 Å². The third-order valence-electron chi connectivity index (χ3n) is 4.87. The summed E-state index contributed by atoms with van der Waals surface area (Å²) in [4.78, 5) is 28.4. The molecule has 2 amide bonds. The summed E-state index contributed by atoms with van der Waals surface area (Å²) in [6.45, 7) is 0.753. The standard InChI is InChI=1S/C20H23ClN4O4S/c21-16-3-5-18(6-4-16)30(28,29)25-12-8-15(9-13-25)20(27)23-11-7-19(26)24-17-2-1-10-22-14-17/h1-6,10,14-15H,7-9,11-13H2,(H,23,27)(H,24,26). The van der Waals surface area contributed by atoms with E-state index >= 15 is 0 Å². The third kappa shape index (κ3) is 5.78. The van der Waals surface area contributed by atoms with Crippen LogP contribution in [0.25, 0.3) is 0 Å². The van der Waals surface area contributed by atoms with Crippen LogP contribution in [0, 0.1) is 5.92 Å². The minimum atomic E-state index is -3.60. The molecule has 10 heteroatoms. The average Bonchev–Trinajstić information content (AvgIpc) is 2.75. The highest BCUT2D eigenvalue weighted by molar-refractivity contribution is 7.89. The fourth-order valence-electron chi connectivity index (χ4n) is 3.22. The van der Waals surface area contributed by atoms with E-state index in [1.54, 1.807) is 36.7 Å². The van der Waals surface area contributed by atoms with Gasteiger partial charge in [0.25, 0.3) is 0 Å². The van der Waals surface area contributed by atoms with Gasteiger partial charge in [0.1, 0.15) is 0 Å². The number of pyridine rings is 1. The van der Waals surface area contributed by atoms with Crippen LogP contribution in [0.2, 0.25) is 5.02 Å². The molecule has 1 saturated heterocycles. The zero-order valence-electron chi connectivity index (χ0n) is 16.3. The van der Waals surface area contributed by atoms with Gasteiger partial charge in [-0.15, -0.1) is 0 Å². The second-order valence-corrected chi connectivity index (χ2v) is 9.34. The van der Waals surface area contributed by atoms with Gasteiger partial charge in [-0.1, -0.05) is 11.6 Å². The first kappa shape index (κ1) is 22.2. The number of hydrogen-bond donors (Lipinski definition) is 2. The molecule has 0 aliphatic carbocycles. The van der Waals surface area contributed by atoms with Gasteiger partial charge >= 0.3 is 0 Å². The molecule has 1 aromatic carbocycles. The lowest BCUT2D eigenvalue weighted by Gasteiger charge is -2.30. The zero-order valence-corrected chi connectivity index (χ0v) is 17.8. The molecule has 8 nitrogen and oxygen atoms in total. The molecule has 0 unspecified atom stereocenters. The Kier molecular flexibility index (Phi) is 7.41. The number of carbonyl (C=O) groups is 2. The summed E-state index contributed by atoms with van der Waals surface area (Å²) in [5.41, 5.74) is 0.600. The number of sulfonamides is 1. The number of amides is 2. The van der Waals surface area contributed by atoms with Crippen molar-refractivity contribution in [3.63, 3.8) is 0 Å². The number of nitrogens with one attached hydrogen (secondary N) is 2. The molecule has 2 N–H and O–H groups in total. The summed E-state index contributed by atoms with van der Waals surface area (Å²) in [5, 5.41) is 5.94. The number of piperidine rings is 1. The normalized spacial score (nSPS) is 15.5. The van der Waals surface area contributed by atoms with Gasteiger partial charge in [-0.05, 0) is 49.2 Å². The van der Waals surface area contributed by atoms with E-state index in [9.17, 15) is 18.0 Å². The lowest BCUT2D eigenvalue weighted by Crippen LogP contribution is -2.43. The Morgan fingerprint density at radius 2 is 1.83 bits per heavy atom. The van der Waals surface area contributed by atoms with Gasteiger partial charge < -0.3 is 10.6 Å². The molecule has 3 rings (SSSR count). The largest absolute Gasteiger partial charge is 0.355 e. The Labute approximate surface area is 180 Å². The first-order chi connectivity index (χ1) is 14.4. The zero-order chi connectivity index (χ0) is 21.6. The predicted molar refractivity (Wildman–Crippen MR) is 113 cm³/mol. The molecule has 2 aromatic rings. The first-order valence-electron chi connectivity index (χ1n) is 9.59. The topological polar surface area (TPSA) is 108 Å². The third-order valence-corrected chi connectivity index (χ3v) is 7.04. The second kappa shape index (κ2) is 10.0. The molecule has 1 aliphatic rings. The summed E-state index contributed by atoms with van der Waals surface area (Å²) in [5.74, 6) is -0.650. The Bertz CT molecular complexity index is 976. The van der Waals surface area contributed by atoms with E-state index in [0.29, 0.717) is 23.6 Å². The number of rotatable bonds is 7. The van der Waals surface area contributed by atoms with Crippen molar-refractivity contribution < 1.29 is 18.0 Å². The van der Waals surface area contributed by atoms with Crippen molar-refractivity contribution in [1.29, 1.82) is 0 Å². The Morgan fingerprint density at radius 3 is 2.47 bits per heavy atom. The fourth-order valence-corrected chi connectivity index (χ4v) is 4.81. The summed E-state index contributed by atoms with van der Waals surface area (Å²) >= 11 is 5.82. The summed E-state index contributed by atoms with van der Waals surface area (Å²) < 4.78 is 26.8. The minimum absolute atomic E-state index is 0.143. The number of nitrogens with zero attached hydrogens (tertiary/aromatic N) is 2. The van der Waals surface area contributed by atoms with E-state index in [1.807, 2.05) is 0 Å². The highest BCUT2D eigenvalue weighted by Gasteiger charge is 2.32. The molecule has 160 valence electrons. The van der Waals surface area contributed by atoms with Gasteiger partial charge in [-0.2, -0.15) is 4.31 Å². The van der Waals surface area contributed by atoms with Crippen LogP contribution in [0.15, 0.2) is 53.7 Å². The highest BCUT2D eigenvalue weighted by Crippen LogP contribution is 2.24. The molecular formula is C20H23ClN4O4S. The minimum Gasteiger partial charge on any atom is -0.355 e. The van der Waals surface area contributed by atoms with Gasteiger partial charge in [-0.25, -0.2) is 8.42 Å². The number of benzene rings is 1. The Hall–Kier alpha value is -2.49. The molecule has 1 aliphatic heterocycles. The van der Waals surface area contributed by atoms with Gasteiger partial charge in [0.05, 0.1) is 16.8 Å². The van der Waals surface area contributed by atoms with Crippen LogP contribution in [0.3, 0.4) is 0 Å². The van der Waals surface area contributed by atoms with Crippen LogP contribution in [0.5, 0.6) is 0 Å². The molecule has 0 bridgehead atoms. The molecule has 0 saturated carbocycles. The van der Waals surface area contributed by atoms with Crippen molar-refractivity contribution >= 4 is 39.1 Å². The molecule has 1 aromatic heterocycles. The maximum Gasteiger partial charge on any atom is 0.243 e. The van der Waals surface area contributed by atoms with Crippen molar-refractivity contribution in [3.8, 4) is 0 Å². The summed E-state index contributed by atoms with van der Waals surface area (Å²) in [7, 11) is -3.60. The van der Waals surface area contributed by atoms with E-state index in [1.165, 1.54) is 16.4 Å². The highest BCUT2D eigenvalue weighted by atomic mass is 35.5. The lowest BCUT2D eigenvalue weighted by molar-refractivity contribution is -0.126. The maximum atomic E-state index is 12.7. The van der Waals surface area contributed by atoms with Crippen molar-refractivity contribution in [3.05, 3.63) is 53.8 Å². The van der Waals surface area contributed by atoms with Crippen molar-refractivity contribution in [2.45, 2.75) is 24.2 Å². The van der Waals surface area contributed by atoms with Crippen molar-refractivity contribution in [1.82, 2.24) is 14.6 Å². The predicted octanol–water partition coefficient (Wildman–Crippen LogP) is 2.28. The smallest absolute Gasteiger partial charge is 0.243 e.